The lowest BCUT2D eigenvalue weighted by Crippen LogP contribution is -2.24. The maximum atomic E-state index is 11.2. The summed E-state index contributed by atoms with van der Waals surface area (Å²) in [4.78, 5) is 18.5. The van der Waals surface area contributed by atoms with Crippen LogP contribution in [0.1, 0.15) is 60.5 Å². The van der Waals surface area contributed by atoms with Gasteiger partial charge in [-0.1, -0.05) is 49.6 Å². The summed E-state index contributed by atoms with van der Waals surface area (Å²) in [6, 6.07) is 8.48. The molecule has 1 heterocycles. The second-order valence-corrected chi connectivity index (χ2v) is 7.47. The van der Waals surface area contributed by atoms with Crippen LogP contribution in [0.4, 0.5) is 0 Å². The first kappa shape index (κ1) is 16.4. The molecule has 1 atom stereocenters. The number of hydrogen-bond donors (Lipinski definition) is 1. The van der Waals surface area contributed by atoms with Gasteiger partial charge < -0.3 is 10.6 Å². The highest BCUT2D eigenvalue weighted by Gasteiger charge is 2.29. The fourth-order valence-electron chi connectivity index (χ4n) is 3.36. The van der Waals surface area contributed by atoms with E-state index in [1.807, 2.05) is 36.0 Å². The molecule has 0 aromatic heterocycles. The summed E-state index contributed by atoms with van der Waals surface area (Å²) in [7, 11) is 2.13. The average molecular weight is 331 g/mol. The summed E-state index contributed by atoms with van der Waals surface area (Å²) in [5.74, 6) is 0.638. The number of carbonyl (C=O) groups is 1. The minimum atomic E-state index is -0.374. The smallest absolute Gasteiger partial charge is 0.248 e. The number of primary amides is 1. The Labute approximate surface area is 142 Å². The van der Waals surface area contributed by atoms with Crippen LogP contribution in [0.5, 0.6) is 0 Å². The van der Waals surface area contributed by atoms with Crippen molar-refractivity contribution in [2.24, 2.45) is 10.7 Å². The highest BCUT2D eigenvalue weighted by atomic mass is 32.2. The van der Waals surface area contributed by atoms with Crippen LogP contribution < -0.4 is 5.73 Å². The Kier molecular flexibility index (Phi) is 5.26. The van der Waals surface area contributed by atoms with Gasteiger partial charge in [-0.05, 0) is 30.5 Å². The summed E-state index contributed by atoms with van der Waals surface area (Å²) in [6.07, 6.45) is 7.81. The van der Waals surface area contributed by atoms with Crippen LogP contribution >= 0.6 is 11.8 Å². The van der Waals surface area contributed by atoms with Crippen molar-refractivity contribution in [2.75, 3.05) is 12.8 Å². The quantitative estimate of drug-likeness (QED) is 0.861. The summed E-state index contributed by atoms with van der Waals surface area (Å²) < 4.78 is 0. The van der Waals surface area contributed by atoms with Crippen molar-refractivity contribution in [2.45, 2.75) is 50.6 Å². The summed E-state index contributed by atoms with van der Waals surface area (Å²) in [5.41, 5.74) is 7.09. The third-order valence-electron chi connectivity index (χ3n) is 4.84. The Balaban J connectivity index is 1.70. The molecule has 124 valence electrons. The monoisotopic (exact) mass is 331 g/mol. The predicted octanol–water partition coefficient (Wildman–Crippen LogP) is 3.58. The first-order valence-electron chi connectivity index (χ1n) is 8.48. The van der Waals surface area contributed by atoms with E-state index in [2.05, 4.69) is 11.9 Å². The average Bonchev–Trinajstić information content (AvgIpc) is 2.76. The second kappa shape index (κ2) is 7.39. The van der Waals surface area contributed by atoms with Crippen molar-refractivity contribution < 1.29 is 4.79 Å². The molecular weight excluding hydrogens is 306 g/mol. The molecular formula is C18H25N3OS. The van der Waals surface area contributed by atoms with E-state index in [0.29, 0.717) is 17.6 Å². The highest BCUT2D eigenvalue weighted by molar-refractivity contribution is 8.14. The Bertz CT molecular complexity index is 576. The molecule has 1 aliphatic carbocycles. The van der Waals surface area contributed by atoms with Crippen molar-refractivity contribution in [3.63, 3.8) is 0 Å². The summed E-state index contributed by atoms with van der Waals surface area (Å²) in [6.45, 7) is 0. The number of amides is 1. The van der Waals surface area contributed by atoms with Gasteiger partial charge >= 0.3 is 0 Å². The van der Waals surface area contributed by atoms with E-state index in [9.17, 15) is 4.79 Å². The normalized spacial score (nSPS) is 24.8. The van der Waals surface area contributed by atoms with E-state index in [-0.39, 0.29) is 5.91 Å². The van der Waals surface area contributed by atoms with Crippen LogP contribution in [0.3, 0.4) is 0 Å². The van der Waals surface area contributed by atoms with Crippen molar-refractivity contribution >= 4 is 22.8 Å². The van der Waals surface area contributed by atoms with Gasteiger partial charge in [0.2, 0.25) is 5.91 Å². The van der Waals surface area contributed by atoms with Crippen LogP contribution in [-0.2, 0) is 0 Å². The van der Waals surface area contributed by atoms with Gasteiger partial charge in [-0.25, -0.2) is 0 Å². The zero-order valence-electron chi connectivity index (χ0n) is 13.7. The molecule has 0 spiro atoms. The molecule has 0 radical (unpaired) electrons. The maximum absolute atomic E-state index is 11.2. The number of carbonyl (C=O) groups excluding carboxylic acids is 1. The van der Waals surface area contributed by atoms with Gasteiger partial charge in [0, 0.05) is 18.4 Å². The number of benzene rings is 1. The summed E-state index contributed by atoms with van der Waals surface area (Å²) in [5, 5.41) is 1.17. The number of rotatable bonds is 3. The Hall–Kier alpha value is -1.49. The molecule has 2 aliphatic rings. The largest absolute Gasteiger partial charge is 0.366 e. The van der Waals surface area contributed by atoms with Crippen molar-refractivity contribution in [3.8, 4) is 0 Å². The fourth-order valence-corrected chi connectivity index (χ4v) is 4.64. The minimum Gasteiger partial charge on any atom is -0.366 e. The number of nitrogens with two attached hydrogens (primary N) is 1. The van der Waals surface area contributed by atoms with E-state index in [1.54, 1.807) is 0 Å². The van der Waals surface area contributed by atoms with E-state index in [0.717, 1.165) is 5.75 Å². The van der Waals surface area contributed by atoms with Gasteiger partial charge in [-0.2, -0.15) is 0 Å². The van der Waals surface area contributed by atoms with Crippen molar-refractivity contribution in [1.29, 1.82) is 0 Å². The molecule has 0 bridgehead atoms. The second-order valence-electron chi connectivity index (χ2n) is 6.48. The standard InChI is InChI=1S/C18H25N3OS/c1-21-16(13-8-10-14(11-9-13)17(19)22)12-23-18(21)20-15-6-4-2-3-5-7-15/h8-11,15-16H,2-7,12H2,1H3,(H2,19,22). The van der Waals surface area contributed by atoms with Crippen LogP contribution in [0.15, 0.2) is 29.3 Å². The molecule has 4 nitrogen and oxygen atoms in total. The number of aliphatic imine (C=N–C) groups is 1. The zero-order valence-corrected chi connectivity index (χ0v) is 14.5. The van der Waals surface area contributed by atoms with E-state index in [1.165, 1.54) is 49.3 Å². The highest BCUT2D eigenvalue weighted by Crippen LogP contribution is 2.35. The first-order valence-corrected chi connectivity index (χ1v) is 9.47. The third-order valence-corrected chi connectivity index (χ3v) is 5.97. The van der Waals surface area contributed by atoms with Crippen LogP contribution in [0.25, 0.3) is 0 Å². The first-order chi connectivity index (χ1) is 11.1. The molecule has 1 amide bonds. The molecule has 1 unspecified atom stereocenters. The molecule has 2 fully saturated rings. The lowest BCUT2D eigenvalue weighted by molar-refractivity contribution is 0.100. The van der Waals surface area contributed by atoms with E-state index in [4.69, 9.17) is 10.7 Å². The van der Waals surface area contributed by atoms with Gasteiger partial charge in [0.1, 0.15) is 0 Å². The topological polar surface area (TPSA) is 58.7 Å². The van der Waals surface area contributed by atoms with Gasteiger partial charge in [0.05, 0.1) is 12.1 Å². The van der Waals surface area contributed by atoms with Crippen molar-refractivity contribution in [1.82, 2.24) is 4.90 Å². The number of amidine groups is 1. The van der Waals surface area contributed by atoms with E-state index >= 15 is 0 Å². The minimum absolute atomic E-state index is 0.325. The number of hydrogen-bond acceptors (Lipinski definition) is 3. The Morgan fingerprint density at radius 1 is 1.17 bits per heavy atom. The van der Waals surface area contributed by atoms with Gasteiger partial charge in [-0.3, -0.25) is 9.79 Å². The Morgan fingerprint density at radius 2 is 1.83 bits per heavy atom. The Morgan fingerprint density at radius 3 is 2.43 bits per heavy atom. The molecule has 1 saturated carbocycles. The zero-order chi connectivity index (χ0) is 16.2. The number of nitrogens with zero attached hydrogens (tertiary/aromatic N) is 2. The van der Waals surface area contributed by atoms with Gasteiger partial charge in [-0.15, -0.1) is 0 Å². The molecule has 1 aromatic carbocycles. The van der Waals surface area contributed by atoms with Crippen LogP contribution in [-0.4, -0.2) is 34.8 Å². The molecule has 3 rings (SSSR count). The number of thioether (sulfide) groups is 1. The summed E-state index contributed by atoms with van der Waals surface area (Å²) >= 11 is 1.85. The molecule has 23 heavy (non-hydrogen) atoms. The SMILES string of the molecule is CN1C(=NC2CCCCCC2)SCC1c1ccc(C(N)=O)cc1. The van der Waals surface area contributed by atoms with E-state index < -0.39 is 0 Å². The fraction of sp³-hybridized carbons (Fsp3) is 0.556. The lowest BCUT2D eigenvalue weighted by Gasteiger charge is -2.22. The molecule has 1 saturated heterocycles. The van der Waals surface area contributed by atoms with Crippen molar-refractivity contribution in [3.05, 3.63) is 35.4 Å². The molecule has 2 N–H and O–H groups in total. The van der Waals surface area contributed by atoms with Gasteiger partial charge in [0.25, 0.3) is 0 Å². The third kappa shape index (κ3) is 3.89. The van der Waals surface area contributed by atoms with Crippen LogP contribution in [0.2, 0.25) is 0 Å². The van der Waals surface area contributed by atoms with Crippen LogP contribution in [0, 0.1) is 0 Å². The lowest BCUT2D eigenvalue weighted by atomic mass is 10.1. The van der Waals surface area contributed by atoms with Gasteiger partial charge in [0.15, 0.2) is 5.17 Å². The maximum Gasteiger partial charge on any atom is 0.248 e. The molecule has 1 aromatic rings. The predicted molar refractivity (Wildman–Crippen MR) is 96.8 cm³/mol. The molecule has 1 aliphatic heterocycles. The molecule has 5 heteroatoms.